The van der Waals surface area contributed by atoms with E-state index in [0.29, 0.717) is 18.1 Å². The van der Waals surface area contributed by atoms with Crippen molar-refractivity contribution in [2.75, 3.05) is 0 Å². The normalized spacial score (nSPS) is 12.0. The van der Waals surface area contributed by atoms with Crippen LogP contribution in [0.2, 0.25) is 0 Å². The summed E-state index contributed by atoms with van der Waals surface area (Å²) in [6.45, 7) is 4.49. The van der Waals surface area contributed by atoms with Gasteiger partial charge in [-0.2, -0.15) is 0 Å². The van der Waals surface area contributed by atoms with Gasteiger partial charge in [-0.05, 0) is 41.2 Å². The van der Waals surface area contributed by atoms with Crippen molar-refractivity contribution in [2.24, 2.45) is 11.7 Å². The van der Waals surface area contributed by atoms with E-state index in [1.807, 2.05) is 0 Å². The van der Waals surface area contributed by atoms with E-state index in [1.54, 1.807) is 0 Å². The Morgan fingerprint density at radius 3 is 1.93 bits per heavy atom. The molecule has 0 aliphatic rings. The third-order valence-electron chi connectivity index (χ3n) is 4.35. The van der Waals surface area contributed by atoms with Crippen LogP contribution in [0, 0.1) is 5.92 Å². The lowest BCUT2D eigenvalue weighted by molar-refractivity contribution is -0.134. The molecule has 0 saturated carbocycles. The van der Waals surface area contributed by atoms with Crippen LogP contribution in [0.5, 0.6) is 0 Å². The van der Waals surface area contributed by atoms with Crippen molar-refractivity contribution in [2.45, 2.75) is 45.6 Å². The Bertz CT molecular complexity index is 748. The quantitative estimate of drug-likeness (QED) is 0.580. The van der Waals surface area contributed by atoms with Crippen molar-refractivity contribution in [1.82, 2.24) is 0 Å². The van der Waals surface area contributed by atoms with Gasteiger partial charge in [-0.3, -0.25) is 0 Å². The maximum absolute atomic E-state index is 9.55. The van der Waals surface area contributed by atoms with Crippen molar-refractivity contribution >= 4 is 22.7 Å². The Morgan fingerprint density at radius 2 is 1.44 bits per heavy atom. The second kappa shape index (κ2) is 11.9. The standard InChI is InChI=1S/C18H25N.C4H4O4/c1-3-7-15(8-4-2)18(19)17-12-11-14-9-5-6-10-16(14)13-17;5-3(6)1-2-4(7)8/h5-6,9-13,15,18H,3-4,7-8,19H2,1-2H3;1-2H,(H,5,6)(H,7,8)/b;2-1-. The van der Waals surface area contributed by atoms with Gasteiger partial charge in [0.2, 0.25) is 0 Å². The molecule has 146 valence electrons. The van der Waals surface area contributed by atoms with E-state index in [0.717, 1.165) is 0 Å². The van der Waals surface area contributed by atoms with Crippen molar-refractivity contribution in [3.05, 3.63) is 60.2 Å². The Labute approximate surface area is 160 Å². The van der Waals surface area contributed by atoms with E-state index in [4.69, 9.17) is 15.9 Å². The fraction of sp³-hybridized carbons (Fsp3) is 0.364. The minimum Gasteiger partial charge on any atom is -0.478 e. The van der Waals surface area contributed by atoms with Crippen molar-refractivity contribution in [1.29, 1.82) is 0 Å². The summed E-state index contributed by atoms with van der Waals surface area (Å²) in [7, 11) is 0. The molecule has 1 atom stereocenters. The molecule has 0 bridgehead atoms. The highest BCUT2D eigenvalue weighted by Crippen LogP contribution is 2.29. The zero-order valence-corrected chi connectivity index (χ0v) is 16.0. The first-order valence-corrected chi connectivity index (χ1v) is 9.27. The lowest BCUT2D eigenvalue weighted by Gasteiger charge is -2.24. The molecule has 0 spiro atoms. The van der Waals surface area contributed by atoms with Gasteiger partial charge in [0.25, 0.3) is 0 Å². The number of carboxylic acids is 2. The Balaban J connectivity index is 0.000000387. The minimum atomic E-state index is -1.26. The average Bonchev–Trinajstić information content (AvgIpc) is 2.66. The van der Waals surface area contributed by atoms with Gasteiger partial charge in [-0.25, -0.2) is 9.59 Å². The van der Waals surface area contributed by atoms with E-state index in [1.165, 1.54) is 42.0 Å². The number of carboxylic acid groups (broad SMARTS) is 2. The lowest BCUT2D eigenvalue weighted by atomic mass is 9.86. The number of hydrogen-bond acceptors (Lipinski definition) is 3. The molecule has 4 N–H and O–H groups in total. The lowest BCUT2D eigenvalue weighted by Crippen LogP contribution is -2.21. The molecule has 0 fully saturated rings. The summed E-state index contributed by atoms with van der Waals surface area (Å²) >= 11 is 0. The monoisotopic (exact) mass is 371 g/mol. The molecule has 0 aliphatic heterocycles. The molecule has 0 amide bonds. The van der Waals surface area contributed by atoms with E-state index in [9.17, 15) is 9.59 Å². The van der Waals surface area contributed by atoms with Crippen molar-refractivity contribution in [3.63, 3.8) is 0 Å². The van der Waals surface area contributed by atoms with E-state index in [-0.39, 0.29) is 6.04 Å². The fourth-order valence-electron chi connectivity index (χ4n) is 3.07. The molecule has 5 heteroatoms. The maximum Gasteiger partial charge on any atom is 0.328 e. The fourth-order valence-corrected chi connectivity index (χ4v) is 3.07. The van der Waals surface area contributed by atoms with Crippen LogP contribution in [0.25, 0.3) is 10.8 Å². The van der Waals surface area contributed by atoms with Crippen LogP contribution in [0.15, 0.2) is 54.6 Å². The third-order valence-corrected chi connectivity index (χ3v) is 4.35. The molecule has 2 aromatic rings. The summed E-state index contributed by atoms with van der Waals surface area (Å²) in [5, 5.41) is 18.2. The topological polar surface area (TPSA) is 101 Å². The van der Waals surface area contributed by atoms with Gasteiger partial charge in [0.05, 0.1) is 0 Å². The smallest absolute Gasteiger partial charge is 0.328 e. The van der Waals surface area contributed by atoms with Crippen LogP contribution < -0.4 is 5.73 Å². The average molecular weight is 371 g/mol. The molecule has 5 nitrogen and oxygen atoms in total. The number of carbonyl (C=O) groups is 2. The third kappa shape index (κ3) is 8.05. The molecular formula is C22H29NO4. The molecular weight excluding hydrogens is 342 g/mol. The molecule has 0 heterocycles. The molecule has 0 radical (unpaired) electrons. The van der Waals surface area contributed by atoms with Gasteiger partial charge in [-0.15, -0.1) is 0 Å². The van der Waals surface area contributed by atoms with Gasteiger partial charge < -0.3 is 15.9 Å². The summed E-state index contributed by atoms with van der Waals surface area (Å²) < 4.78 is 0. The summed E-state index contributed by atoms with van der Waals surface area (Å²) in [6, 6.07) is 15.3. The SMILES string of the molecule is CCCC(CCC)C(N)c1ccc2ccccc2c1.O=C(O)/C=C\C(=O)O. The van der Waals surface area contributed by atoms with Crippen molar-refractivity contribution in [3.8, 4) is 0 Å². The second-order valence-corrected chi connectivity index (χ2v) is 6.48. The summed E-state index contributed by atoms with van der Waals surface area (Å²) in [5.41, 5.74) is 7.79. The van der Waals surface area contributed by atoms with E-state index >= 15 is 0 Å². The Kier molecular flexibility index (Phi) is 9.83. The minimum absolute atomic E-state index is 0.171. The Morgan fingerprint density at radius 1 is 0.926 bits per heavy atom. The molecule has 2 rings (SSSR count). The largest absolute Gasteiger partial charge is 0.478 e. The summed E-state index contributed by atoms with van der Waals surface area (Å²) in [5.74, 6) is -1.91. The van der Waals surface area contributed by atoms with E-state index < -0.39 is 11.9 Å². The predicted octanol–water partition coefficient (Wildman–Crippen LogP) is 4.77. The van der Waals surface area contributed by atoms with Crippen LogP contribution in [0.3, 0.4) is 0 Å². The number of hydrogen-bond donors (Lipinski definition) is 3. The number of nitrogens with two attached hydrogens (primary N) is 1. The molecule has 0 saturated heterocycles. The van der Waals surface area contributed by atoms with Crippen molar-refractivity contribution < 1.29 is 19.8 Å². The van der Waals surface area contributed by atoms with Crippen LogP contribution in [0.4, 0.5) is 0 Å². The zero-order valence-electron chi connectivity index (χ0n) is 16.0. The number of fused-ring (bicyclic) bond motifs is 1. The molecule has 1 unspecified atom stereocenters. The highest BCUT2D eigenvalue weighted by atomic mass is 16.4. The highest BCUT2D eigenvalue weighted by molar-refractivity contribution is 5.89. The predicted molar refractivity (Wildman–Crippen MR) is 109 cm³/mol. The first-order valence-electron chi connectivity index (χ1n) is 9.27. The number of benzene rings is 2. The molecule has 0 aliphatic carbocycles. The number of rotatable bonds is 8. The second-order valence-electron chi connectivity index (χ2n) is 6.48. The highest BCUT2D eigenvalue weighted by Gasteiger charge is 2.18. The zero-order chi connectivity index (χ0) is 20.2. The Hall–Kier alpha value is -2.66. The maximum atomic E-state index is 9.55. The van der Waals surface area contributed by atoms with E-state index in [2.05, 4.69) is 56.3 Å². The first-order chi connectivity index (χ1) is 12.9. The summed E-state index contributed by atoms with van der Waals surface area (Å²) in [4.78, 5) is 19.1. The van der Waals surface area contributed by atoms with Gasteiger partial charge in [0, 0.05) is 18.2 Å². The van der Waals surface area contributed by atoms with Crippen LogP contribution >= 0.6 is 0 Å². The van der Waals surface area contributed by atoms with Gasteiger partial charge >= 0.3 is 11.9 Å². The van der Waals surface area contributed by atoms with Crippen LogP contribution in [0.1, 0.15) is 51.1 Å². The van der Waals surface area contributed by atoms with Gasteiger partial charge in [0.1, 0.15) is 0 Å². The number of aliphatic carboxylic acids is 2. The molecule has 2 aromatic carbocycles. The van der Waals surface area contributed by atoms with Gasteiger partial charge in [0.15, 0.2) is 0 Å². The molecule has 27 heavy (non-hydrogen) atoms. The molecule has 0 aromatic heterocycles. The summed E-state index contributed by atoms with van der Waals surface area (Å²) in [6.07, 6.45) is 5.99. The van der Waals surface area contributed by atoms with Gasteiger partial charge in [-0.1, -0.05) is 63.1 Å². The first kappa shape index (κ1) is 22.4. The van der Waals surface area contributed by atoms with Crippen LogP contribution in [-0.2, 0) is 9.59 Å². The van der Waals surface area contributed by atoms with Crippen LogP contribution in [-0.4, -0.2) is 22.2 Å².